The molecule has 0 amide bonds. The Morgan fingerprint density at radius 1 is 0.466 bits per heavy atom. The SMILES string of the molecule is CCO[C@@H]1O[C@@H]([C@H](CO)O[C@H]2O[C@H](COCc3ccccc3)[C@@H](OCc3ccccc3)[C@@H]2OCc2ccccc2)[C@H](OCc2ccccc2)[C@H]1OCc1ccccc1. The molecule has 306 valence electrons. The number of hydrogen-bond acceptors (Lipinski definition) is 10. The number of aliphatic hydroxyl groups is 1. The second kappa shape index (κ2) is 22.2. The molecule has 5 aromatic rings. The number of aliphatic hydroxyl groups excluding tert-OH is 1. The van der Waals surface area contributed by atoms with Crippen molar-refractivity contribution in [2.24, 2.45) is 0 Å². The molecule has 0 bridgehead atoms. The summed E-state index contributed by atoms with van der Waals surface area (Å²) < 4.78 is 59.0. The zero-order valence-electron chi connectivity index (χ0n) is 32.9. The van der Waals surface area contributed by atoms with Crippen LogP contribution in [-0.2, 0) is 75.7 Å². The van der Waals surface area contributed by atoms with Gasteiger partial charge in [0.1, 0.15) is 42.7 Å². The van der Waals surface area contributed by atoms with Gasteiger partial charge in [-0.3, -0.25) is 0 Å². The Kier molecular flexibility index (Phi) is 16.0. The Hall–Kier alpha value is -4.30. The summed E-state index contributed by atoms with van der Waals surface area (Å²) in [7, 11) is 0. The molecule has 0 radical (unpaired) electrons. The number of hydrogen-bond donors (Lipinski definition) is 1. The van der Waals surface area contributed by atoms with Crippen molar-refractivity contribution >= 4 is 0 Å². The Morgan fingerprint density at radius 3 is 1.29 bits per heavy atom. The first-order valence-electron chi connectivity index (χ1n) is 20.1. The Morgan fingerprint density at radius 2 is 0.862 bits per heavy atom. The highest BCUT2D eigenvalue weighted by Crippen LogP contribution is 2.36. The third kappa shape index (κ3) is 11.7. The van der Waals surface area contributed by atoms with Gasteiger partial charge in [0.25, 0.3) is 0 Å². The first kappa shape index (κ1) is 41.8. The van der Waals surface area contributed by atoms with Crippen molar-refractivity contribution in [1.82, 2.24) is 0 Å². The van der Waals surface area contributed by atoms with Gasteiger partial charge in [0, 0.05) is 6.61 Å². The van der Waals surface area contributed by atoms with Crippen molar-refractivity contribution in [3.8, 4) is 0 Å². The molecular weight excluding hydrogens is 737 g/mol. The van der Waals surface area contributed by atoms with Crippen LogP contribution in [0.5, 0.6) is 0 Å². The highest BCUT2D eigenvalue weighted by molar-refractivity contribution is 5.17. The highest BCUT2D eigenvalue weighted by Gasteiger charge is 2.54. The third-order valence-electron chi connectivity index (χ3n) is 10.2. The van der Waals surface area contributed by atoms with Gasteiger partial charge < -0.3 is 47.7 Å². The Balaban J connectivity index is 1.15. The van der Waals surface area contributed by atoms with Crippen LogP contribution in [0, 0.1) is 0 Å². The summed E-state index contributed by atoms with van der Waals surface area (Å²) in [6, 6.07) is 49.7. The topological polar surface area (TPSA) is 103 Å². The van der Waals surface area contributed by atoms with Gasteiger partial charge in [0.05, 0.1) is 46.2 Å². The molecular formula is C48H54O10. The fraction of sp³-hybridized carbons (Fsp3) is 0.375. The second-order valence-corrected chi connectivity index (χ2v) is 14.4. The van der Waals surface area contributed by atoms with E-state index in [2.05, 4.69) is 0 Å². The standard InChI is InChI=1S/C48H54O10/c1-2-51-47-46(55-33-39-26-16-7-17-27-39)44(53-31-37-22-12-5-13-23-37)43(58-47)40(28-49)56-48-45(54-32-38-24-14-6-15-25-38)42(52-30-36-20-10-4-11-21-36)41(57-48)34-50-29-35-18-8-3-9-19-35/h3-27,40-49H,2,28-34H2,1H3/t40-,41+,42+,43-,44-,45-,46+,47+,48-/m0/s1. The van der Waals surface area contributed by atoms with E-state index < -0.39 is 61.9 Å². The zero-order valence-corrected chi connectivity index (χ0v) is 32.9. The maximum atomic E-state index is 11.1. The van der Waals surface area contributed by atoms with Gasteiger partial charge in [0.15, 0.2) is 12.6 Å². The molecule has 58 heavy (non-hydrogen) atoms. The van der Waals surface area contributed by atoms with Crippen LogP contribution in [0.4, 0.5) is 0 Å². The third-order valence-corrected chi connectivity index (χ3v) is 10.2. The molecule has 0 spiro atoms. The number of benzene rings is 5. The molecule has 0 unspecified atom stereocenters. The van der Waals surface area contributed by atoms with Crippen LogP contribution < -0.4 is 0 Å². The molecule has 7 rings (SSSR count). The van der Waals surface area contributed by atoms with E-state index in [0.29, 0.717) is 26.4 Å². The van der Waals surface area contributed by atoms with Gasteiger partial charge in [-0.05, 0) is 34.7 Å². The largest absolute Gasteiger partial charge is 0.394 e. The van der Waals surface area contributed by atoms with Gasteiger partial charge >= 0.3 is 0 Å². The van der Waals surface area contributed by atoms with E-state index in [0.717, 1.165) is 27.8 Å². The molecule has 10 heteroatoms. The molecule has 2 fully saturated rings. The summed E-state index contributed by atoms with van der Waals surface area (Å²) >= 11 is 0. The van der Waals surface area contributed by atoms with Crippen molar-refractivity contribution < 1.29 is 47.7 Å². The first-order chi connectivity index (χ1) is 28.7. The van der Waals surface area contributed by atoms with Crippen LogP contribution in [-0.4, -0.2) is 80.2 Å². The Bertz CT molecular complexity index is 1850. The van der Waals surface area contributed by atoms with Gasteiger partial charge in [-0.2, -0.15) is 0 Å². The lowest BCUT2D eigenvalue weighted by atomic mass is 10.0. The van der Waals surface area contributed by atoms with Crippen LogP contribution in [0.3, 0.4) is 0 Å². The molecule has 0 aliphatic carbocycles. The lowest BCUT2D eigenvalue weighted by Gasteiger charge is -2.31. The normalized spacial score (nSPS) is 24.9. The molecule has 1 N–H and O–H groups in total. The van der Waals surface area contributed by atoms with E-state index in [1.54, 1.807) is 0 Å². The van der Waals surface area contributed by atoms with E-state index in [1.807, 2.05) is 159 Å². The van der Waals surface area contributed by atoms with Gasteiger partial charge in [0.2, 0.25) is 0 Å². The van der Waals surface area contributed by atoms with Gasteiger partial charge in [-0.15, -0.1) is 0 Å². The second-order valence-electron chi connectivity index (χ2n) is 14.4. The van der Waals surface area contributed by atoms with Crippen molar-refractivity contribution in [2.45, 2.75) is 95.3 Å². The molecule has 9 atom stereocenters. The van der Waals surface area contributed by atoms with Crippen LogP contribution in [0.2, 0.25) is 0 Å². The average Bonchev–Trinajstić information content (AvgIpc) is 3.79. The van der Waals surface area contributed by atoms with E-state index in [1.165, 1.54) is 0 Å². The smallest absolute Gasteiger partial charge is 0.187 e. The van der Waals surface area contributed by atoms with Crippen LogP contribution >= 0.6 is 0 Å². The minimum absolute atomic E-state index is 0.216. The Labute approximate surface area is 341 Å². The first-order valence-corrected chi connectivity index (χ1v) is 20.1. The maximum Gasteiger partial charge on any atom is 0.187 e. The predicted octanol–water partition coefficient (Wildman–Crippen LogP) is 7.41. The zero-order chi connectivity index (χ0) is 39.8. The molecule has 2 aliphatic rings. The maximum absolute atomic E-state index is 11.1. The van der Waals surface area contributed by atoms with E-state index in [-0.39, 0.29) is 19.8 Å². The molecule has 0 aromatic heterocycles. The summed E-state index contributed by atoms with van der Waals surface area (Å²) in [4.78, 5) is 0. The van der Waals surface area contributed by atoms with Crippen molar-refractivity contribution in [3.63, 3.8) is 0 Å². The highest BCUT2D eigenvalue weighted by atomic mass is 16.8. The fourth-order valence-corrected chi connectivity index (χ4v) is 7.26. The van der Waals surface area contributed by atoms with Gasteiger partial charge in [-0.25, -0.2) is 0 Å². The predicted molar refractivity (Wildman–Crippen MR) is 217 cm³/mol. The van der Waals surface area contributed by atoms with E-state index in [4.69, 9.17) is 42.6 Å². The molecule has 5 aromatic carbocycles. The van der Waals surface area contributed by atoms with Crippen molar-refractivity contribution in [2.75, 3.05) is 19.8 Å². The molecule has 10 nitrogen and oxygen atoms in total. The molecule has 2 saturated heterocycles. The van der Waals surface area contributed by atoms with Crippen LogP contribution in [0.15, 0.2) is 152 Å². The van der Waals surface area contributed by atoms with E-state index in [9.17, 15) is 5.11 Å². The summed E-state index contributed by atoms with van der Waals surface area (Å²) in [6.45, 7) is 3.69. The lowest BCUT2D eigenvalue weighted by Crippen LogP contribution is -2.48. The molecule has 2 aliphatic heterocycles. The fourth-order valence-electron chi connectivity index (χ4n) is 7.26. The van der Waals surface area contributed by atoms with Crippen molar-refractivity contribution in [3.05, 3.63) is 179 Å². The number of ether oxygens (including phenoxy) is 9. The minimum atomic E-state index is -0.972. The monoisotopic (exact) mass is 790 g/mol. The van der Waals surface area contributed by atoms with E-state index >= 15 is 0 Å². The minimum Gasteiger partial charge on any atom is -0.394 e. The summed E-state index contributed by atoms with van der Waals surface area (Å²) in [5.41, 5.74) is 5.01. The lowest BCUT2D eigenvalue weighted by molar-refractivity contribution is -0.248. The molecule has 0 saturated carbocycles. The summed E-state index contributed by atoms with van der Waals surface area (Å²) in [6.07, 6.45) is -6.67. The van der Waals surface area contributed by atoms with Crippen molar-refractivity contribution in [1.29, 1.82) is 0 Å². The molecule has 2 heterocycles. The van der Waals surface area contributed by atoms with Gasteiger partial charge in [-0.1, -0.05) is 152 Å². The summed E-state index contributed by atoms with van der Waals surface area (Å²) in [5, 5.41) is 11.1. The quantitative estimate of drug-likeness (QED) is 0.0763. The van der Waals surface area contributed by atoms with Crippen LogP contribution in [0.25, 0.3) is 0 Å². The summed E-state index contributed by atoms with van der Waals surface area (Å²) in [5.74, 6) is 0. The average molecular weight is 791 g/mol. The van der Waals surface area contributed by atoms with Crippen LogP contribution in [0.1, 0.15) is 34.7 Å². The number of rotatable bonds is 22.